The zero-order chi connectivity index (χ0) is 14.7. The van der Waals surface area contributed by atoms with Crippen LogP contribution in [0.25, 0.3) is 0 Å². The lowest BCUT2D eigenvalue weighted by molar-refractivity contribution is 0.338. The van der Waals surface area contributed by atoms with Crippen LogP contribution in [0.1, 0.15) is 29.7 Å². The first kappa shape index (κ1) is 15.4. The van der Waals surface area contributed by atoms with Crippen LogP contribution in [0.15, 0.2) is 40.9 Å². The van der Waals surface area contributed by atoms with Gasteiger partial charge in [0.25, 0.3) is 0 Å². The summed E-state index contributed by atoms with van der Waals surface area (Å²) in [5, 5.41) is 0.739. The van der Waals surface area contributed by atoms with Crippen LogP contribution < -0.4 is 10.5 Å². The molecule has 1 atom stereocenters. The third-order valence-electron chi connectivity index (χ3n) is 3.26. The SMILES string of the molecule is CCOc1ccc(C(N)c2cccc(Cl)c2C)cc1Br. The Morgan fingerprint density at radius 1 is 1.30 bits per heavy atom. The molecule has 106 valence electrons. The molecule has 0 amide bonds. The second-order valence-electron chi connectivity index (χ2n) is 4.55. The molecule has 0 aliphatic rings. The first-order valence-corrected chi connectivity index (χ1v) is 7.64. The van der Waals surface area contributed by atoms with E-state index < -0.39 is 0 Å². The Hall–Kier alpha value is -1.03. The molecule has 2 aromatic carbocycles. The molecule has 20 heavy (non-hydrogen) atoms. The van der Waals surface area contributed by atoms with Gasteiger partial charge in [0.1, 0.15) is 5.75 Å². The topological polar surface area (TPSA) is 35.2 Å². The monoisotopic (exact) mass is 353 g/mol. The molecule has 4 heteroatoms. The van der Waals surface area contributed by atoms with Gasteiger partial charge in [-0.2, -0.15) is 0 Å². The van der Waals surface area contributed by atoms with Crippen molar-refractivity contribution in [2.75, 3.05) is 6.61 Å². The van der Waals surface area contributed by atoms with Gasteiger partial charge in [-0.1, -0.05) is 29.8 Å². The van der Waals surface area contributed by atoms with Gasteiger partial charge in [-0.05, 0) is 64.7 Å². The average Bonchev–Trinajstić information content (AvgIpc) is 2.43. The quantitative estimate of drug-likeness (QED) is 0.851. The second kappa shape index (κ2) is 6.61. The van der Waals surface area contributed by atoms with Crippen LogP contribution in [0.3, 0.4) is 0 Å². The molecule has 2 aromatic rings. The lowest BCUT2D eigenvalue weighted by atomic mass is 9.96. The normalized spacial score (nSPS) is 12.2. The van der Waals surface area contributed by atoms with Crippen molar-refractivity contribution >= 4 is 27.5 Å². The van der Waals surface area contributed by atoms with E-state index in [2.05, 4.69) is 15.9 Å². The maximum Gasteiger partial charge on any atom is 0.133 e. The molecular formula is C16H17BrClNO. The average molecular weight is 355 g/mol. The van der Waals surface area contributed by atoms with Gasteiger partial charge < -0.3 is 10.5 Å². The third kappa shape index (κ3) is 3.17. The number of nitrogens with two attached hydrogens (primary N) is 1. The Morgan fingerprint density at radius 2 is 2.05 bits per heavy atom. The molecule has 0 bridgehead atoms. The van der Waals surface area contributed by atoms with E-state index in [1.807, 2.05) is 50.2 Å². The predicted octanol–water partition coefficient (Wildman–Crippen LogP) is 4.86. The molecule has 0 spiro atoms. The Kier molecular flexibility index (Phi) is 5.08. The molecule has 0 aliphatic heterocycles. The molecule has 2 rings (SSSR count). The van der Waals surface area contributed by atoms with Crippen molar-refractivity contribution in [3.8, 4) is 5.75 Å². The van der Waals surface area contributed by atoms with Crippen molar-refractivity contribution < 1.29 is 4.74 Å². The molecule has 2 nitrogen and oxygen atoms in total. The second-order valence-corrected chi connectivity index (χ2v) is 5.82. The van der Waals surface area contributed by atoms with Crippen molar-refractivity contribution in [2.24, 2.45) is 5.73 Å². The van der Waals surface area contributed by atoms with E-state index in [0.29, 0.717) is 6.61 Å². The van der Waals surface area contributed by atoms with E-state index in [9.17, 15) is 0 Å². The first-order chi connectivity index (χ1) is 9.54. The molecule has 0 saturated heterocycles. The molecule has 0 radical (unpaired) electrons. The summed E-state index contributed by atoms with van der Waals surface area (Å²) in [4.78, 5) is 0. The van der Waals surface area contributed by atoms with Crippen LogP contribution in [0, 0.1) is 6.92 Å². The van der Waals surface area contributed by atoms with Gasteiger partial charge in [0.2, 0.25) is 0 Å². The molecule has 0 heterocycles. The van der Waals surface area contributed by atoms with Gasteiger partial charge in [0.15, 0.2) is 0 Å². The summed E-state index contributed by atoms with van der Waals surface area (Å²) >= 11 is 9.67. The highest BCUT2D eigenvalue weighted by Gasteiger charge is 2.14. The molecular weight excluding hydrogens is 338 g/mol. The van der Waals surface area contributed by atoms with E-state index in [-0.39, 0.29) is 6.04 Å². The summed E-state index contributed by atoms with van der Waals surface area (Å²) in [5.41, 5.74) is 9.43. The number of rotatable bonds is 4. The number of benzene rings is 2. The van der Waals surface area contributed by atoms with Crippen LogP contribution in [-0.2, 0) is 0 Å². The first-order valence-electron chi connectivity index (χ1n) is 6.47. The summed E-state index contributed by atoms with van der Waals surface area (Å²) in [5.74, 6) is 0.825. The van der Waals surface area contributed by atoms with Crippen molar-refractivity contribution in [3.05, 3.63) is 62.6 Å². The van der Waals surface area contributed by atoms with Gasteiger partial charge in [0, 0.05) is 5.02 Å². The van der Waals surface area contributed by atoms with Crippen LogP contribution in [0.5, 0.6) is 5.75 Å². The molecule has 0 aliphatic carbocycles. The van der Waals surface area contributed by atoms with Crippen LogP contribution in [-0.4, -0.2) is 6.61 Å². The van der Waals surface area contributed by atoms with E-state index in [0.717, 1.165) is 31.9 Å². The maximum atomic E-state index is 6.36. The fourth-order valence-corrected chi connectivity index (χ4v) is 2.82. The predicted molar refractivity (Wildman–Crippen MR) is 87.5 cm³/mol. The molecule has 1 unspecified atom stereocenters. The van der Waals surface area contributed by atoms with Gasteiger partial charge in [0.05, 0.1) is 17.1 Å². The highest BCUT2D eigenvalue weighted by Crippen LogP contribution is 2.32. The highest BCUT2D eigenvalue weighted by atomic mass is 79.9. The number of halogens is 2. The molecule has 0 fully saturated rings. The zero-order valence-corrected chi connectivity index (χ0v) is 13.8. The maximum absolute atomic E-state index is 6.36. The van der Waals surface area contributed by atoms with E-state index >= 15 is 0 Å². The Labute approximate surface area is 133 Å². The summed E-state index contributed by atoms with van der Waals surface area (Å²) in [7, 11) is 0. The van der Waals surface area contributed by atoms with Crippen molar-refractivity contribution in [3.63, 3.8) is 0 Å². The number of hydrogen-bond donors (Lipinski definition) is 1. The van der Waals surface area contributed by atoms with Crippen molar-refractivity contribution in [2.45, 2.75) is 19.9 Å². The molecule has 0 aromatic heterocycles. The Morgan fingerprint density at radius 3 is 2.70 bits per heavy atom. The minimum Gasteiger partial charge on any atom is -0.493 e. The number of ether oxygens (including phenoxy) is 1. The standard InChI is InChI=1S/C16H17BrClNO/c1-3-20-15-8-7-11(9-13(15)17)16(19)12-5-4-6-14(18)10(12)2/h4-9,16H,3,19H2,1-2H3. The molecule has 2 N–H and O–H groups in total. The molecule has 0 saturated carbocycles. The summed E-state index contributed by atoms with van der Waals surface area (Å²) in [6.45, 7) is 4.58. The fourth-order valence-electron chi connectivity index (χ4n) is 2.12. The van der Waals surface area contributed by atoms with Crippen LogP contribution >= 0.6 is 27.5 Å². The number of hydrogen-bond acceptors (Lipinski definition) is 2. The third-order valence-corrected chi connectivity index (χ3v) is 4.29. The fraction of sp³-hybridized carbons (Fsp3) is 0.250. The van der Waals surface area contributed by atoms with Crippen molar-refractivity contribution in [1.82, 2.24) is 0 Å². The minimum atomic E-state index is -0.208. The van der Waals surface area contributed by atoms with Gasteiger partial charge in [-0.3, -0.25) is 0 Å². The van der Waals surface area contributed by atoms with Gasteiger partial charge >= 0.3 is 0 Å². The minimum absolute atomic E-state index is 0.208. The summed E-state index contributed by atoms with van der Waals surface area (Å²) in [6.07, 6.45) is 0. The van der Waals surface area contributed by atoms with Crippen LogP contribution in [0.2, 0.25) is 5.02 Å². The Balaban J connectivity index is 2.36. The lowest BCUT2D eigenvalue weighted by Gasteiger charge is -2.17. The lowest BCUT2D eigenvalue weighted by Crippen LogP contribution is -2.13. The Bertz CT molecular complexity index is 615. The largest absolute Gasteiger partial charge is 0.493 e. The van der Waals surface area contributed by atoms with Crippen molar-refractivity contribution in [1.29, 1.82) is 0 Å². The van der Waals surface area contributed by atoms with E-state index in [1.165, 1.54) is 0 Å². The summed E-state index contributed by atoms with van der Waals surface area (Å²) < 4.78 is 6.42. The summed E-state index contributed by atoms with van der Waals surface area (Å²) in [6, 6.07) is 11.5. The van der Waals surface area contributed by atoms with E-state index in [1.54, 1.807) is 0 Å². The van der Waals surface area contributed by atoms with Crippen LogP contribution in [0.4, 0.5) is 0 Å². The zero-order valence-electron chi connectivity index (χ0n) is 11.5. The van der Waals surface area contributed by atoms with Gasteiger partial charge in [-0.25, -0.2) is 0 Å². The van der Waals surface area contributed by atoms with E-state index in [4.69, 9.17) is 22.1 Å². The highest BCUT2D eigenvalue weighted by molar-refractivity contribution is 9.10. The van der Waals surface area contributed by atoms with Gasteiger partial charge in [-0.15, -0.1) is 0 Å². The smallest absolute Gasteiger partial charge is 0.133 e.